The lowest BCUT2D eigenvalue weighted by Gasteiger charge is -2.41. The highest BCUT2D eigenvalue weighted by molar-refractivity contribution is 5.75. The SMILES string of the molecule is COCCc1cc(C2CC(c3ccc(OC(F)(F)F)cc3)CN(C(=O)N3CCC(NC(=O)OC(C)(C)C)CC3)C2)n[nH]1. The van der Waals surface area contributed by atoms with E-state index in [0.29, 0.717) is 58.5 Å². The van der Waals surface area contributed by atoms with Crippen LogP contribution in [0.5, 0.6) is 5.75 Å². The fourth-order valence-corrected chi connectivity index (χ4v) is 5.47. The van der Waals surface area contributed by atoms with Gasteiger partial charge in [-0.15, -0.1) is 13.2 Å². The number of hydrogen-bond acceptors (Lipinski definition) is 6. The van der Waals surface area contributed by atoms with E-state index in [1.165, 1.54) is 12.1 Å². The maximum Gasteiger partial charge on any atom is 0.573 e. The second kappa shape index (κ2) is 13.2. The molecule has 0 aliphatic carbocycles. The number of aromatic nitrogens is 2. The van der Waals surface area contributed by atoms with Gasteiger partial charge in [-0.1, -0.05) is 12.1 Å². The summed E-state index contributed by atoms with van der Waals surface area (Å²) in [6.45, 7) is 7.82. The first-order valence-electron chi connectivity index (χ1n) is 14.2. The molecule has 2 N–H and O–H groups in total. The largest absolute Gasteiger partial charge is 0.573 e. The minimum Gasteiger partial charge on any atom is -0.444 e. The van der Waals surface area contributed by atoms with E-state index >= 15 is 0 Å². The van der Waals surface area contributed by atoms with Gasteiger partial charge in [0.05, 0.1) is 12.3 Å². The van der Waals surface area contributed by atoms with Crippen molar-refractivity contribution in [1.82, 2.24) is 25.3 Å². The van der Waals surface area contributed by atoms with Crippen LogP contribution in [-0.4, -0.2) is 90.0 Å². The summed E-state index contributed by atoms with van der Waals surface area (Å²) in [6.07, 6.45) is -2.67. The number of carbonyl (C=O) groups excluding carboxylic acids is 2. The highest BCUT2D eigenvalue weighted by Crippen LogP contribution is 2.37. The first-order valence-corrected chi connectivity index (χ1v) is 14.2. The average molecular weight is 596 g/mol. The minimum atomic E-state index is -4.77. The third kappa shape index (κ3) is 9.01. The fraction of sp³-hybridized carbons (Fsp3) is 0.621. The van der Waals surface area contributed by atoms with E-state index in [-0.39, 0.29) is 29.7 Å². The van der Waals surface area contributed by atoms with Gasteiger partial charge in [-0.2, -0.15) is 5.10 Å². The van der Waals surface area contributed by atoms with Gasteiger partial charge >= 0.3 is 18.5 Å². The summed E-state index contributed by atoms with van der Waals surface area (Å²) >= 11 is 0. The number of aromatic amines is 1. The normalized spacial score (nSPS) is 20.4. The monoisotopic (exact) mass is 595 g/mol. The van der Waals surface area contributed by atoms with Crippen LogP contribution in [0.25, 0.3) is 0 Å². The predicted octanol–water partition coefficient (Wildman–Crippen LogP) is 5.18. The van der Waals surface area contributed by atoms with E-state index < -0.39 is 18.1 Å². The van der Waals surface area contributed by atoms with Crippen LogP contribution < -0.4 is 10.1 Å². The van der Waals surface area contributed by atoms with Gasteiger partial charge in [0.2, 0.25) is 0 Å². The summed E-state index contributed by atoms with van der Waals surface area (Å²) in [4.78, 5) is 29.5. The predicted molar refractivity (Wildman–Crippen MR) is 148 cm³/mol. The molecule has 0 saturated carbocycles. The Balaban J connectivity index is 1.45. The van der Waals surface area contributed by atoms with E-state index in [2.05, 4.69) is 20.3 Å². The number of piperidine rings is 2. The average Bonchev–Trinajstić information content (AvgIpc) is 3.39. The fourth-order valence-electron chi connectivity index (χ4n) is 5.47. The lowest BCUT2D eigenvalue weighted by molar-refractivity contribution is -0.274. The van der Waals surface area contributed by atoms with Crippen molar-refractivity contribution in [1.29, 1.82) is 0 Å². The number of methoxy groups -OCH3 is 1. The molecule has 2 saturated heterocycles. The Hall–Kier alpha value is -3.48. The molecule has 42 heavy (non-hydrogen) atoms. The van der Waals surface area contributed by atoms with Crippen LogP contribution in [0.2, 0.25) is 0 Å². The number of halogens is 3. The van der Waals surface area contributed by atoms with E-state index in [1.807, 2.05) is 11.0 Å². The van der Waals surface area contributed by atoms with Gasteiger partial charge in [-0.05, 0) is 63.8 Å². The van der Waals surface area contributed by atoms with Gasteiger partial charge < -0.3 is 29.3 Å². The third-order valence-electron chi connectivity index (χ3n) is 7.44. The van der Waals surface area contributed by atoms with Gasteiger partial charge in [0.25, 0.3) is 0 Å². The minimum absolute atomic E-state index is 0.0716. The van der Waals surface area contributed by atoms with E-state index in [0.717, 1.165) is 17.0 Å². The van der Waals surface area contributed by atoms with Crippen molar-refractivity contribution in [2.45, 2.75) is 76.3 Å². The molecular formula is C29H40F3N5O5. The van der Waals surface area contributed by atoms with Crippen molar-refractivity contribution < 1.29 is 37.0 Å². The number of ether oxygens (including phenoxy) is 3. The zero-order valence-corrected chi connectivity index (χ0v) is 24.5. The van der Waals surface area contributed by atoms with Crippen LogP contribution in [0.3, 0.4) is 0 Å². The number of benzene rings is 1. The van der Waals surface area contributed by atoms with E-state index in [9.17, 15) is 22.8 Å². The first kappa shape index (κ1) is 31.5. The molecule has 0 radical (unpaired) electrons. The first-order chi connectivity index (χ1) is 19.8. The molecule has 0 bridgehead atoms. The molecule has 232 valence electrons. The number of hydrogen-bond donors (Lipinski definition) is 2. The molecule has 0 spiro atoms. The van der Waals surface area contributed by atoms with E-state index in [4.69, 9.17) is 9.47 Å². The number of rotatable bonds is 7. The molecule has 2 aliphatic heterocycles. The lowest BCUT2D eigenvalue weighted by atomic mass is 9.83. The Morgan fingerprint density at radius 3 is 2.33 bits per heavy atom. The van der Waals surface area contributed by atoms with Crippen LogP contribution >= 0.6 is 0 Å². The number of alkyl carbamates (subject to hydrolysis) is 1. The summed E-state index contributed by atoms with van der Waals surface area (Å²) in [5.41, 5.74) is 2.00. The molecule has 1 aromatic carbocycles. The molecule has 2 atom stereocenters. The molecule has 3 amide bonds. The van der Waals surface area contributed by atoms with Crippen LogP contribution in [0.1, 0.15) is 68.8 Å². The Bertz CT molecular complexity index is 1190. The Morgan fingerprint density at radius 1 is 1.05 bits per heavy atom. The summed E-state index contributed by atoms with van der Waals surface area (Å²) in [5.74, 6) is -0.472. The zero-order chi connectivity index (χ0) is 30.5. The van der Waals surface area contributed by atoms with Crippen LogP contribution in [0.15, 0.2) is 30.3 Å². The Kier molecular flexibility index (Phi) is 9.90. The maximum absolute atomic E-state index is 13.7. The Morgan fingerprint density at radius 2 is 1.71 bits per heavy atom. The summed E-state index contributed by atoms with van der Waals surface area (Å²) < 4.78 is 52.6. The molecule has 2 aliphatic rings. The van der Waals surface area contributed by atoms with Crippen LogP contribution in [0, 0.1) is 0 Å². The number of carbonyl (C=O) groups is 2. The third-order valence-corrected chi connectivity index (χ3v) is 7.44. The van der Waals surface area contributed by atoms with Crippen molar-refractivity contribution in [3.05, 3.63) is 47.3 Å². The molecule has 2 aromatic rings. The molecule has 2 fully saturated rings. The molecule has 10 nitrogen and oxygen atoms in total. The smallest absolute Gasteiger partial charge is 0.444 e. The molecule has 13 heteroatoms. The van der Waals surface area contributed by atoms with Crippen molar-refractivity contribution in [3.63, 3.8) is 0 Å². The molecule has 2 unspecified atom stereocenters. The zero-order valence-electron chi connectivity index (χ0n) is 24.5. The maximum atomic E-state index is 13.7. The van der Waals surface area contributed by atoms with Crippen LogP contribution in [-0.2, 0) is 15.9 Å². The number of nitrogens with zero attached hydrogens (tertiary/aromatic N) is 3. The topological polar surface area (TPSA) is 109 Å². The molecular weight excluding hydrogens is 555 g/mol. The summed E-state index contributed by atoms with van der Waals surface area (Å²) in [6, 6.07) is 7.66. The van der Waals surface area contributed by atoms with Crippen molar-refractivity contribution >= 4 is 12.1 Å². The van der Waals surface area contributed by atoms with Gasteiger partial charge in [0.15, 0.2) is 0 Å². The van der Waals surface area contributed by atoms with Gasteiger partial charge in [0.1, 0.15) is 11.4 Å². The highest BCUT2D eigenvalue weighted by atomic mass is 19.4. The number of nitrogens with one attached hydrogen (secondary N) is 2. The number of H-pyrrole nitrogens is 1. The molecule has 4 rings (SSSR count). The second-order valence-corrected chi connectivity index (χ2v) is 11.9. The van der Waals surface area contributed by atoms with Gasteiger partial charge in [-0.3, -0.25) is 5.10 Å². The number of amides is 3. The molecule has 1 aromatic heterocycles. The van der Waals surface area contributed by atoms with Gasteiger partial charge in [0, 0.05) is 63.3 Å². The quantitative estimate of drug-likeness (QED) is 0.457. The van der Waals surface area contributed by atoms with E-state index in [1.54, 1.807) is 44.9 Å². The lowest BCUT2D eigenvalue weighted by Crippen LogP contribution is -2.53. The van der Waals surface area contributed by atoms with Crippen molar-refractivity contribution in [2.24, 2.45) is 0 Å². The molecule has 3 heterocycles. The number of urea groups is 1. The second-order valence-electron chi connectivity index (χ2n) is 11.9. The number of alkyl halides is 3. The van der Waals surface area contributed by atoms with Crippen LogP contribution in [0.4, 0.5) is 22.8 Å². The van der Waals surface area contributed by atoms with Crippen molar-refractivity contribution in [3.8, 4) is 5.75 Å². The highest BCUT2D eigenvalue weighted by Gasteiger charge is 2.36. The van der Waals surface area contributed by atoms with Crippen molar-refractivity contribution in [2.75, 3.05) is 39.9 Å². The number of likely N-dealkylation sites (tertiary alicyclic amines) is 2. The van der Waals surface area contributed by atoms with Gasteiger partial charge in [-0.25, -0.2) is 9.59 Å². The summed E-state index contributed by atoms with van der Waals surface area (Å²) in [7, 11) is 1.63. The summed E-state index contributed by atoms with van der Waals surface area (Å²) in [5, 5.41) is 10.5. The standard InChI is InChI=1S/C29H40F3N5O5/c1-28(2,3)42-26(38)33-22-9-12-36(13-10-22)27(39)37-17-20(19-5-7-24(8-6-19)41-29(30,31)32)15-21(18-37)25-16-23(34-35-25)11-14-40-4/h5-8,16,20-22H,9-15,17-18H2,1-4H3,(H,33,38)(H,34,35). The Labute approximate surface area is 243 Å².